The van der Waals surface area contributed by atoms with Crippen molar-refractivity contribution in [1.29, 1.82) is 0 Å². The van der Waals surface area contributed by atoms with Gasteiger partial charge in [0.05, 0.1) is 12.6 Å². The predicted molar refractivity (Wildman–Crippen MR) is 76.4 cm³/mol. The van der Waals surface area contributed by atoms with E-state index in [1.807, 2.05) is 24.3 Å². The summed E-state index contributed by atoms with van der Waals surface area (Å²) in [4.78, 5) is 25.0. The molecule has 0 spiro atoms. The van der Waals surface area contributed by atoms with Gasteiger partial charge in [-0.15, -0.1) is 12.4 Å². The second-order valence-electron chi connectivity index (χ2n) is 4.43. The fourth-order valence-corrected chi connectivity index (χ4v) is 2.02. The summed E-state index contributed by atoms with van der Waals surface area (Å²) in [6.07, 6.45) is 0.864. The van der Waals surface area contributed by atoms with Crippen LogP contribution in [0.25, 0.3) is 0 Å². The Kier molecular flexibility index (Phi) is 5.32. The third-order valence-corrected chi connectivity index (χ3v) is 3.02. The largest absolute Gasteiger partial charge is 0.346 e. The van der Waals surface area contributed by atoms with Crippen LogP contribution in [0.2, 0.25) is 0 Å². The number of benzene rings is 1. The summed E-state index contributed by atoms with van der Waals surface area (Å²) in [6.45, 7) is 2.26. The number of hydrogen-bond acceptors (Lipinski definition) is 3. The number of hydrogen-bond donors (Lipinski definition) is 2. The van der Waals surface area contributed by atoms with Gasteiger partial charge in [0.2, 0.25) is 11.8 Å². The summed E-state index contributed by atoms with van der Waals surface area (Å²) in [6, 6.07) is 7.22. The molecule has 0 radical (unpaired) electrons. The molecule has 0 saturated heterocycles. The van der Waals surface area contributed by atoms with Crippen molar-refractivity contribution in [3.05, 3.63) is 29.8 Å². The van der Waals surface area contributed by atoms with E-state index in [-0.39, 0.29) is 30.8 Å². The van der Waals surface area contributed by atoms with Crippen LogP contribution in [0, 0.1) is 0 Å². The lowest BCUT2D eigenvalue weighted by Crippen LogP contribution is -2.44. The van der Waals surface area contributed by atoms with Gasteiger partial charge in [0.1, 0.15) is 0 Å². The van der Waals surface area contributed by atoms with Crippen molar-refractivity contribution in [2.24, 2.45) is 5.73 Å². The molecule has 104 valence electrons. The number of amides is 2. The number of para-hydroxylation sites is 1. The van der Waals surface area contributed by atoms with E-state index in [9.17, 15) is 9.59 Å². The lowest BCUT2D eigenvalue weighted by atomic mass is 10.2. The molecule has 1 atom stereocenters. The first-order chi connectivity index (χ1) is 8.59. The summed E-state index contributed by atoms with van der Waals surface area (Å²) >= 11 is 0. The first-order valence-corrected chi connectivity index (χ1v) is 6.01. The van der Waals surface area contributed by atoms with E-state index in [0.717, 1.165) is 12.1 Å². The molecular weight excluding hydrogens is 266 g/mol. The van der Waals surface area contributed by atoms with Gasteiger partial charge in [0, 0.05) is 12.2 Å². The molecule has 2 rings (SSSR count). The average molecular weight is 284 g/mol. The van der Waals surface area contributed by atoms with Gasteiger partial charge in [-0.3, -0.25) is 9.59 Å². The lowest BCUT2D eigenvalue weighted by Gasteiger charge is -2.18. The second-order valence-corrected chi connectivity index (χ2v) is 4.43. The summed E-state index contributed by atoms with van der Waals surface area (Å²) in [5, 5.41) is 2.53. The van der Waals surface area contributed by atoms with E-state index in [1.54, 1.807) is 11.8 Å². The fraction of sp³-hybridized carbons (Fsp3) is 0.385. The molecule has 5 nitrogen and oxygen atoms in total. The van der Waals surface area contributed by atoms with Crippen LogP contribution < -0.4 is 16.0 Å². The smallest absolute Gasteiger partial charge is 0.246 e. The molecule has 0 aromatic heterocycles. The predicted octanol–water partition coefficient (Wildman–Crippen LogP) is 0.461. The molecule has 0 unspecified atom stereocenters. The molecule has 0 bridgehead atoms. The first-order valence-electron chi connectivity index (χ1n) is 6.01. The highest BCUT2D eigenvalue weighted by molar-refractivity contribution is 5.98. The number of rotatable bonds is 3. The van der Waals surface area contributed by atoms with Crippen molar-refractivity contribution in [2.75, 3.05) is 18.0 Å². The molecule has 1 aromatic carbocycles. The van der Waals surface area contributed by atoms with Crippen molar-refractivity contribution in [1.82, 2.24) is 5.32 Å². The van der Waals surface area contributed by atoms with E-state index < -0.39 is 6.04 Å². The summed E-state index contributed by atoms with van der Waals surface area (Å²) in [7, 11) is 0. The Morgan fingerprint density at radius 1 is 1.42 bits per heavy atom. The highest BCUT2D eigenvalue weighted by atomic mass is 35.5. The Morgan fingerprint density at radius 2 is 2.11 bits per heavy atom. The standard InChI is InChI=1S/C13H17N3O2.ClH/c1-9(14)13(18)15-8-12(17)16-7-6-10-4-2-3-5-11(10)16;/h2-5,9H,6-8,14H2,1H3,(H,15,18);1H/t9-;/m0./s1. The molecule has 1 aliphatic rings. The SMILES string of the molecule is C[C@H](N)C(=O)NCC(=O)N1CCc2ccccc21.Cl. The molecule has 1 heterocycles. The van der Waals surface area contributed by atoms with Crippen molar-refractivity contribution in [3.8, 4) is 0 Å². The zero-order valence-electron chi connectivity index (χ0n) is 10.8. The number of fused-ring (bicyclic) bond motifs is 1. The Morgan fingerprint density at radius 3 is 2.79 bits per heavy atom. The van der Waals surface area contributed by atoms with Gasteiger partial charge in [-0.05, 0) is 25.0 Å². The number of nitrogens with two attached hydrogens (primary N) is 1. The van der Waals surface area contributed by atoms with Gasteiger partial charge in [0.15, 0.2) is 0 Å². The van der Waals surface area contributed by atoms with Crippen molar-refractivity contribution in [2.45, 2.75) is 19.4 Å². The highest BCUT2D eigenvalue weighted by Gasteiger charge is 2.24. The van der Waals surface area contributed by atoms with Crippen LogP contribution in [0.4, 0.5) is 5.69 Å². The van der Waals surface area contributed by atoms with Gasteiger partial charge < -0.3 is 16.0 Å². The quantitative estimate of drug-likeness (QED) is 0.846. The number of anilines is 1. The number of carbonyl (C=O) groups excluding carboxylic acids is 2. The molecule has 19 heavy (non-hydrogen) atoms. The van der Waals surface area contributed by atoms with Crippen LogP contribution in [-0.2, 0) is 16.0 Å². The van der Waals surface area contributed by atoms with Crippen LogP contribution in [0.15, 0.2) is 24.3 Å². The Labute approximate surface area is 118 Å². The molecule has 1 aliphatic heterocycles. The minimum absolute atomic E-state index is 0. The highest BCUT2D eigenvalue weighted by Crippen LogP contribution is 2.27. The van der Waals surface area contributed by atoms with Crippen molar-refractivity contribution in [3.63, 3.8) is 0 Å². The van der Waals surface area contributed by atoms with Crippen LogP contribution in [0.3, 0.4) is 0 Å². The van der Waals surface area contributed by atoms with Gasteiger partial charge in [-0.1, -0.05) is 18.2 Å². The molecule has 3 N–H and O–H groups in total. The fourth-order valence-electron chi connectivity index (χ4n) is 2.02. The number of carbonyl (C=O) groups is 2. The van der Waals surface area contributed by atoms with Gasteiger partial charge in [0.25, 0.3) is 0 Å². The maximum Gasteiger partial charge on any atom is 0.246 e. The minimum atomic E-state index is -0.594. The molecule has 2 amide bonds. The zero-order valence-corrected chi connectivity index (χ0v) is 11.6. The monoisotopic (exact) mass is 283 g/mol. The Balaban J connectivity index is 0.00000180. The third kappa shape index (κ3) is 3.45. The minimum Gasteiger partial charge on any atom is -0.346 e. The topological polar surface area (TPSA) is 75.4 Å². The van der Waals surface area contributed by atoms with E-state index in [2.05, 4.69) is 5.32 Å². The molecule has 0 fully saturated rings. The normalized spacial score (nSPS) is 14.3. The molecule has 6 heteroatoms. The van der Waals surface area contributed by atoms with Crippen LogP contribution >= 0.6 is 12.4 Å². The number of nitrogens with zero attached hydrogens (tertiary/aromatic N) is 1. The zero-order chi connectivity index (χ0) is 13.1. The van der Waals surface area contributed by atoms with Crippen molar-refractivity contribution < 1.29 is 9.59 Å². The van der Waals surface area contributed by atoms with E-state index in [0.29, 0.717) is 6.54 Å². The van der Waals surface area contributed by atoms with Crippen LogP contribution in [-0.4, -0.2) is 30.9 Å². The maximum atomic E-state index is 12.0. The van der Waals surface area contributed by atoms with Gasteiger partial charge >= 0.3 is 0 Å². The van der Waals surface area contributed by atoms with Gasteiger partial charge in [-0.2, -0.15) is 0 Å². The number of nitrogens with one attached hydrogen (secondary N) is 1. The Hall–Kier alpha value is -1.59. The molecule has 1 aromatic rings. The van der Waals surface area contributed by atoms with E-state index >= 15 is 0 Å². The molecule has 0 saturated carbocycles. The summed E-state index contributed by atoms with van der Waals surface area (Å²) in [5.41, 5.74) is 7.53. The molecule has 0 aliphatic carbocycles. The van der Waals surface area contributed by atoms with Crippen LogP contribution in [0.1, 0.15) is 12.5 Å². The van der Waals surface area contributed by atoms with Crippen LogP contribution in [0.5, 0.6) is 0 Å². The van der Waals surface area contributed by atoms with E-state index in [4.69, 9.17) is 5.73 Å². The second kappa shape index (κ2) is 6.54. The average Bonchev–Trinajstić information content (AvgIpc) is 2.79. The summed E-state index contributed by atoms with van der Waals surface area (Å²) < 4.78 is 0. The first kappa shape index (κ1) is 15.5. The third-order valence-electron chi connectivity index (χ3n) is 3.02. The lowest BCUT2D eigenvalue weighted by molar-refractivity contribution is -0.125. The Bertz CT molecular complexity index is 477. The summed E-state index contributed by atoms with van der Waals surface area (Å²) in [5.74, 6) is -0.412. The number of halogens is 1. The van der Waals surface area contributed by atoms with Gasteiger partial charge in [-0.25, -0.2) is 0 Å². The van der Waals surface area contributed by atoms with Crippen molar-refractivity contribution >= 4 is 29.9 Å². The van der Waals surface area contributed by atoms with E-state index in [1.165, 1.54) is 5.56 Å². The molecular formula is C13H18ClN3O2. The maximum absolute atomic E-state index is 12.0.